The zero-order chi connectivity index (χ0) is 19.5. The Hall–Kier alpha value is -3.35. The van der Waals surface area contributed by atoms with Crippen molar-refractivity contribution in [3.63, 3.8) is 0 Å². The third-order valence-corrected chi connectivity index (χ3v) is 5.09. The number of carbonyl (C=O) groups is 1. The maximum atomic E-state index is 12.6. The molecule has 2 N–H and O–H groups in total. The lowest BCUT2D eigenvalue weighted by Gasteiger charge is -2.16. The number of carbonyl (C=O) groups excluding carboxylic acids is 1. The van der Waals surface area contributed by atoms with Crippen molar-refractivity contribution in [1.29, 1.82) is 0 Å². The van der Waals surface area contributed by atoms with Gasteiger partial charge in [0.1, 0.15) is 5.75 Å². The van der Waals surface area contributed by atoms with Gasteiger partial charge in [0.25, 0.3) is 5.56 Å². The van der Waals surface area contributed by atoms with E-state index in [4.69, 9.17) is 9.47 Å². The highest BCUT2D eigenvalue weighted by molar-refractivity contribution is 5.71. The second-order valence-electron chi connectivity index (χ2n) is 6.80. The summed E-state index contributed by atoms with van der Waals surface area (Å²) in [7, 11) is 1.35. The second kappa shape index (κ2) is 7.72. The van der Waals surface area contributed by atoms with Crippen LogP contribution in [0.4, 0.5) is 0 Å². The molecule has 1 aliphatic heterocycles. The number of ether oxygens (including phenoxy) is 2. The number of esters is 1. The van der Waals surface area contributed by atoms with E-state index in [9.17, 15) is 9.59 Å². The monoisotopic (exact) mass is 379 g/mol. The number of fused-ring (bicyclic) bond motifs is 1. The molecule has 0 aliphatic carbocycles. The molecule has 0 unspecified atom stereocenters. The summed E-state index contributed by atoms with van der Waals surface area (Å²) in [6.07, 6.45) is 4.82. The summed E-state index contributed by atoms with van der Waals surface area (Å²) in [4.78, 5) is 28.7. The normalized spacial score (nSPS) is 13.6. The highest BCUT2D eigenvalue weighted by Crippen LogP contribution is 2.30. The number of aromatic nitrogens is 3. The van der Waals surface area contributed by atoms with Crippen molar-refractivity contribution in [1.82, 2.24) is 15.2 Å². The summed E-state index contributed by atoms with van der Waals surface area (Å²) in [6, 6.07) is 9.71. The fraction of sp³-hybridized carbons (Fsp3) is 0.286. The van der Waals surface area contributed by atoms with Crippen molar-refractivity contribution >= 4 is 5.97 Å². The first-order chi connectivity index (χ1) is 13.7. The van der Waals surface area contributed by atoms with E-state index < -0.39 is 5.92 Å². The maximum absolute atomic E-state index is 12.6. The number of aromatic amines is 2. The lowest BCUT2D eigenvalue weighted by Crippen LogP contribution is -2.18. The molecule has 1 atom stereocenters. The molecule has 1 aliphatic rings. The van der Waals surface area contributed by atoms with E-state index in [0.717, 1.165) is 29.0 Å². The van der Waals surface area contributed by atoms with E-state index in [1.165, 1.54) is 12.7 Å². The molecule has 3 heterocycles. The minimum Gasteiger partial charge on any atom is -0.493 e. The van der Waals surface area contributed by atoms with Gasteiger partial charge in [-0.1, -0.05) is 12.1 Å². The predicted molar refractivity (Wildman–Crippen MR) is 103 cm³/mol. The quantitative estimate of drug-likeness (QED) is 0.641. The number of H-pyrrole nitrogens is 2. The topological polar surface area (TPSA) is 97.1 Å². The van der Waals surface area contributed by atoms with Crippen molar-refractivity contribution in [2.75, 3.05) is 13.7 Å². The summed E-state index contributed by atoms with van der Waals surface area (Å²) in [6.45, 7) is 0.703. The Labute approximate surface area is 161 Å². The van der Waals surface area contributed by atoms with Crippen LogP contribution in [0.1, 0.15) is 40.3 Å². The molecule has 0 amide bonds. The Bertz CT molecular complexity index is 1040. The van der Waals surface area contributed by atoms with Crippen LogP contribution >= 0.6 is 0 Å². The smallest absolute Gasteiger partial charge is 0.306 e. The third-order valence-electron chi connectivity index (χ3n) is 5.09. The van der Waals surface area contributed by atoms with Gasteiger partial charge in [-0.2, -0.15) is 0 Å². The zero-order valence-corrected chi connectivity index (χ0v) is 15.5. The molecule has 0 radical (unpaired) electrons. The van der Waals surface area contributed by atoms with Crippen LogP contribution in [-0.2, 0) is 22.4 Å². The molecule has 3 aromatic rings. The molecule has 0 saturated heterocycles. The molecule has 7 nitrogen and oxygen atoms in total. The van der Waals surface area contributed by atoms with Gasteiger partial charge in [-0.05, 0) is 34.9 Å². The van der Waals surface area contributed by atoms with E-state index in [1.54, 1.807) is 12.4 Å². The third kappa shape index (κ3) is 3.55. The van der Waals surface area contributed by atoms with Crippen LogP contribution in [0.5, 0.6) is 5.75 Å². The molecule has 0 fully saturated rings. The van der Waals surface area contributed by atoms with Crippen molar-refractivity contribution in [2.24, 2.45) is 0 Å². The summed E-state index contributed by atoms with van der Waals surface area (Å²) < 4.78 is 10.4. The van der Waals surface area contributed by atoms with Crippen molar-refractivity contribution in [3.8, 4) is 5.75 Å². The van der Waals surface area contributed by atoms with E-state index in [2.05, 4.69) is 21.2 Å². The Morgan fingerprint density at radius 2 is 2.07 bits per heavy atom. The Morgan fingerprint density at radius 1 is 1.25 bits per heavy atom. The summed E-state index contributed by atoms with van der Waals surface area (Å²) in [5.41, 5.74) is 4.17. The van der Waals surface area contributed by atoms with Gasteiger partial charge in [-0.15, -0.1) is 0 Å². The number of nitrogens with zero attached hydrogens (tertiary/aromatic N) is 1. The lowest BCUT2D eigenvalue weighted by molar-refractivity contribution is -0.140. The van der Waals surface area contributed by atoms with E-state index in [1.807, 2.05) is 24.3 Å². The lowest BCUT2D eigenvalue weighted by atomic mass is 9.87. The summed E-state index contributed by atoms with van der Waals surface area (Å²) in [5.74, 6) is 0.133. The minimum atomic E-state index is -0.418. The average molecular weight is 379 g/mol. The molecule has 0 bridgehead atoms. The first-order valence-corrected chi connectivity index (χ1v) is 9.16. The number of nitrogens with one attached hydrogen (secondary N) is 2. The van der Waals surface area contributed by atoms with Crippen LogP contribution < -0.4 is 10.3 Å². The van der Waals surface area contributed by atoms with Crippen molar-refractivity contribution in [3.05, 3.63) is 81.0 Å². The number of rotatable bonds is 6. The van der Waals surface area contributed by atoms with Gasteiger partial charge < -0.3 is 14.6 Å². The van der Waals surface area contributed by atoms with Gasteiger partial charge in [-0.25, -0.2) is 0 Å². The summed E-state index contributed by atoms with van der Waals surface area (Å²) in [5, 5.41) is 5.67. The van der Waals surface area contributed by atoms with Crippen LogP contribution in [0.3, 0.4) is 0 Å². The zero-order valence-electron chi connectivity index (χ0n) is 15.5. The number of hydrogen-bond donors (Lipinski definition) is 2. The van der Waals surface area contributed by atoms with Crippen LogP contribution in [0.2, 0.25) is 0 Å². The summed E-state index contributed by atoms with van der Waals surface area (Å²) >= 11 is 0. The standard InChI is InChI=1S/C21H21N3O4/c1-27-19(25)12-16(14-4-7-22-8-5-14)20-17(23-24-21(20)26)11-13-2-3-18-15(10-13)6-9-28-18/h2-5,7-8,10,16H,6,9,11-12H2,1H3,(H2,23,24,26)/t16-/m0/s1. The molecule has 2 aromatic heterocycles. The Morgan fingerprint density at radius 3 is 2.86 bits per heavy atom. The Balaban J connectivity index is 1.71. The molecule has 28 heavy (non-hydrogen) atoms. The van der Waals surface area contributed by atoms with Crippen LogP contribution in [0.15, 0.2) is 47.5 Å². The molecule has 0 saturated carbocycles. The van der Waals surface area contributed by atoms with Crippen molar-refractivity contribution in [2.45, 2.75) is 25.2 Å². The van der Waals surface area contributed by atoms with Gasteiger partial charge in [0.05, 0.1) is 20.1 Å². The van der Waals surface area contributed by atoms with Crippen LogP contribution in [0, 0.1) is 0 Å². The Kier molecular flexibility index (Phi) is 4.97. The fourth-order valence-corrected chi connectivity index (χ4v) is 3.70. The van der Waals surface area contributed by atoms with E-state index >= 15 is 0 Å². The van der Waals surface area contributed by atoms with Crippen molar-refractivity contribution < 1.29 is 14.3 Å². The van der Waals surface area contributed by atoms with E-state index in [-0.39, 0.29) is 17.9 Å². The average Bonchev–Trinajstić information content (AvgIpc) is 3.33. The van der Waals surface area contributed by atoms with E-state index in [0.29, 0.717) is 18.6 Å². The highest BCUT2D eigenvalue weighted by Gasteiger charge is 2.26. The fourth-order valence-electron chi connectivity index (χ4n) is 3.70. The predicted octanol–water partition coefficient (Wildman–Crippen LogP) is 2.32. The molecule has 4 rings (SSSR count). The first kappa shape index (κ1) is 18.0. The number of methoxy groups -OCH3 is 1. The first-order valence-electron chi connectivity index (χ1n) is 9.16. The maximum Gasteiger partial charge on any atom is 0.306 e. The van der Waals surface area contributed by atoms with Crippen LogP contribution in [-0.4, -0.2) is 34.9 Å². The molecular formula is C21H21N3O4. The van der Waals surface area contributed by atoms with Gasteiger partial charge in [0.2, 0.25) is 0 Å². The number of hydrogen-bond acceptors (Lipinski definition) is 5. The largest absolute Gasteiger partial charge is 0.493 e. The molecule has 1 aromatic carbocycles. The SMILES string of the molecule is COC(=O)C[C@@H](c1ccncc1)c1c(Cc2ccc3c(c2)CCO3)[nH][nH]c1=O. The second-order valence-corrected chi connectivity index (χ2v) is 6.80. The molecular weight excluding hydrogens is 358 g/mol. The molecule has 7 heteroatoms. The molecule has 0 spiro atoms. The number of pyridine rings is 1. The van der Waals surface area contributed by atoms with Gasteiger partial charge >= 0.3 is 5.97 Å². The van der Waals surface area contributed by atoms with Gasteiger partial charge in [-0.3, -0.25) is 19.7 Å². The van der Waals surface area contributed by atoms with Gasteiger partial charge in [0, 0.05) is 42.4 Å². The van der Waals surface area contributed by atoms with Gasteiger partial charge in [0.15, 0.2) is 0 Å². The van der Waals surface area contributed by atoms with Crippen LogP contribution in [0.25, 0.3) is 0 Å². The highest BCUT2D eigenvalue weighted by atomic mass is 16.5. The molecule has 144 valence electrons. The number of benzene rings is 1. The minimum absolute atomic E-state index is 0.0759.